The minimum Gasteiger partial charge on any atom is -0.312 e. The third-order valence-corrected chi connectivity index (χ3v) is 3.70. The highest BCUT2D eigenvalue weighted by molar-refractivity contribution is 9.10. The van der Waals surface area contributed by atoms with Crippen molar-refractivity contribution in [2.45, 2.75) is 27.3 Å². The number of hydrogen-bond acceptors (Lipinski definition) is 1. The van der Waals surface area contributed by atoms with Crippen LogP contribution < -0.4 is 5.32 Å². The van der Waals surface area contributed by atoms with E-state index < -0.39 is 0 Å². The van der Waals surface area contributed by atoms with Crippen LogP contribution in [-0.2, 0) is 6.54 Å². The second-order valence-electron chi connectivity index (χ2n) is 4.59. The molecule has 0 aromatic heterocycles. The monoisotopic (exact) mass is 287 g/mol. The van der Waals surface area contributed by atoms with Crippen LogP contribution in [0, 0.1) is 17.7 Å². The molecule has 0 spiro atoms. The van der Waals surface area contributed by atoms with Gasteiger partial charge in [0, 0.05) is 11.0 Å². The molecule has 0 saturated carbocycles. The summed E-state index contributed by atoms with van der Waals surface area (Å²) in [4.78, 5) is 0. The Balaban J connectivity index is 2.45. The molecule has 0 heterocycles. The van der Waals surface area contributed by atoms with Crippen LogP contribution in [0.1, 0.15) is 26.3 Å². The summed E-state index contributed by atoms with van der Waals surface area (Å²) in [6.07, 6.45) is 0. The molecular weight excluding hydrogens is 269 g/mol. The third kappa shape index (κ3) is 4.22. The molecule has 0 fully saturated rings. The van der Waals surface area contributed by atoms with Crippen molar-refractivity contribution in [2.24, 2.45) is 11.8 Å². The van der Waals surface area contributed by atoms with E-state index in [1.165, 1.54) is 6.07 Å². The summed E-state index contributed by atoms with van der Waals surface area (Å²) in [5.41, 5.74) is 0.968. The normalized spacial score (nSPS) is 13.1. The highest BCUT2D eigenvalue weighted by Crippen LogP contribution is 2.17. The molecule has 3 heteroatoms. The van der Waals surface area contributed by atoms with Gasteiger partial charge in [0.1, 0.15) is 5.82 Å². The second kappa shape index (κ2) is 6.36. The molecule has 90 valence electrons. The molecule has 0 amide bonds. The molecule has 0 radical (unpaired) electrons. The predicted molar refractivity (Wildman–Crippen MR) is 69.8 cm³/mol. The van der Waals surface area contributed by atoms with E-state index in [0.29, 0.717) is 18.4 Å². The van der Waals surface area contributed by atoms with Crippen LogP contribution in [0.3, 0.4) is 0 Å². The Morgan fingerprint density at radius 1 is 1.31 bits per heavy atom. The predicted octanol–water partition coefficient (Wildman–Crippen LogP) is 3.97. The van der Waals surface area contributed by atoms with Crippen molar-refractivity contribution in [2.75, 3.05) is 6.54 Å². The zero-order valence-electron chi connectivity index (χ0n) is 10.1. The first kappa shape index (κ1) is 13.7. The fourth-order valence-corrected chi connectivity index (χ4v) is 1.74. The van der Waals surface area contributed by atoms with Gasteiger partial charge in [0.05, 0.1) is 0 Å². The van der Waals surface area contributed by atoms with Gasteiger partial charge in [0.15, 0.2) is 0 Å². The summed E-state index contributed by atoms with van der Waals surface area (Å²) in [5, 5.41) is 3.35. The molecule has 1 nitrogen and oxygen atoms in total. The van der Waals surface area contributed by atoms with Gasteiger partial charge in [-0.1, -0.05) is 36.7 Å². The number of halogens is 2. The van der Waals surface area contributed by atoms with Gasteiger partial charge < -0.3 is 5.32 Å². The Labute approximate surface area is 106 Å². The van der Waals surface area contributed by atoms with Crippen LogP contribution in [0.5, 0.6) is 0 Å². The molecule has 0 aliphatic heterocycles. The smallest absolute Gasteiger partial charge is 0.123 e. The van der Waals surface area contributed by atoms with E-state index in [-0.39, 0.29) is 5.82 Å². The summed E-state index contributed by atoms with van der Waals surface area (Å²) in [6.45, 7) is 8.31. The standard InChI is InChI=1S/C13H19BrFN/c1-9(2)10(3)7-16-8-11-6-12(15)4-5-13(11)14/h4-6,9-10,16H,7-8H2,1-3H3. The topological polar surface area (TPSA) is 12.0 Å². The maximum Gasteiger partial charge on any atom is 0.123 e. The number of rotatable bonds is 5. The van der Waals surface area contributed by atoms with Gasteiger partial charge in [0.25, 0.3) is 0 Å². The molecule has 1 aromatic rings. The highest BCUT2D eigenvalue weighted by Gasteiger charge is 2.07. The van der Waals surface area contributed by atoms with Crippen LogP contribution >= 0.6 is 15.9 Å². The van der Waals surface area contributed by atoms with Gasteiger partial charge >= 0.3 is 0 Å². The maximum atomic E-state index is 13.0. The fourth-order valence-electron chi connectivity index (χ4n) is 1.35. The summed E-state index contributed by atoms with van der Waals surface area (Å²) < 4.78 is 14.0. The van der Waals surface area contributed by atoms with Crippen molar-refractivity contribution in [1.29, 1.82) is 0 Å². The zero-order chi connectivity index (χ0) is 12.1. The van der Waals surface area contributed by atoms with Crippen LogP contribution in [-0.4, -0.2) is 6.54 Å². The Morgan fingerprint density at radius 3 is 2.62 bits per heavy atom. The van der Waals surface area contributed by atoms with Gasteiger partial charge in [-0.05, 0) is 42.1 Å². The van der Waals surface area contributed by atoms with Gasteiger partial charge in [-0.15, -0.1) is 0 Å². The van der Waals surface area contributed by atoms with E-state index in [1.54, 1.807) is 12.1 Å². The van der Waals surface area contributed by atoms with Crippen LogP contribution in [0.2, 0.25) is 0 Å². The molecule has 1 aromatic carbocycles. The lowest BCUT2D eigenvalue weighted by molar-refractivity contribution is 0.392. The molecule has 0 aliphatic carbocycles. The lowest BCUT2D eigenvalue weighted by Gasteiger charge is -2.16. The summed E-state index contributed by atoms with van der Waals surface area (Å²) in [5.74, 6) is 1.12. The Hall–Kier alpha value is -0.410. The molecule has 0 saturated heterocycles. The summed E-state index contributed by atoms with van der Waals surface area (Å²) >= 11 is 3.42. The van der Waals surface area contributed by atoms with E-state index in [4.69, 9.17) is 0 Å². The van der Waals surface area contributed by atoms with Gasteiger partial charge in [-0.2, -0.15) is 0 Å². The van der Waals surface area contributed by atoms with E-state index in [9.17, 15) is 4.39 Å². The van der Waals surface area contributed by atoms with Gasteiger partial charge in [-0.3, -0.25) is 0 Å². The van der Waals surface area contributed by atoms with E-state index in [0.717, 1.165) is 16.6 Å². The zero-order valence-corrected chi connectivity index (χ0v) is 11.6. The molecule has 1 unspecified atom stereocenters. The van der Waals surface area contributed by atoms with Crippen molar-refractivity contribution in [3.05, 3.63) is 34.1 Å². The van der Waals surface area contributed by atoms with Crippen molar-refractivity contribution in [3.63, 3.8) is 0 Å². The molecule has 0 bridgehead atoms. The Morgan fingerprint density at radius 2 is 2.00 bits per heavy atom. The fraction of sp³-hybridized carbons (Fsp3) is 0.538. The van der Waals surface area contributed by atoms with Crippen molar-refractivity contribution >= 4 is 15.9 Å². The van der Waals surface area contributed by atoms with Crippen LogP contribution in [0.15, 0.2) is 22.7 Å². The SMILES string of the molecule is CC(C)C(C)CNCc1cc(F)ccc1Br. The Bertz CT molecular complexity index is 339. The summed E-state index contributed by atoms with van der Waals surface area (Å²) in [6, 6.07) is 4.78. The number of benzene rings is 1. The number of hydrogen-bond donors (Lipinski definition) is 1. The highest BCUT2D eigenvalue weighted by atomic mass is 79.9. The molecule has 1 atom stereocenters. The maximum absolute atomic E-state index is 13.0. The molecule has 0 aliphatic rings. The first-order valence-corrected chi connectivity index (χ1v) is 6.44. The van der Waals surface area contributed by atoms with Gasteiger partial charge in [-0.25, -0.2) is 4.39 Å². The van der Waals surface area contributed by atoms with Crippen molar-refractivity contribution < 1.29 is 4.39 Å². The first-order chi connectivity index (χ1) is 7.50. The Kier molecular flexibility index (Phi) is 5.42. The second-order valence-corrected chi connectivity index (χ2v) is 5.44. The third-order valence-electron chi connectivity index (χ3n) is 2.93. The minimum absolute atomic E-state index is 0.183. The average Bonchev–Trinajstić information content (AvgIpc) is 2.22. The van der Waals surface area contributed by atoms with Crippen molar-refractivity contribution in [3.8, 4) is 0 Å². The van der Waals surface area contributed by atoms with E-state index >= 15 is 0 Å². The van der Waals surface area contributed by atoms with Crippen LogP contribution in [0.4, 0.5) is 4.39 Å². The lowest BCUT2D eigenvalue weighted by Crippen LogP contribution is -2.23. The van der Waals surface area contributed by atoms with E-state index in [1.807, 2.05) is 0 Å². The first-order valence-electron chi connectivity index (χ1n) is 5.65. The van der Waals surface area contributed by atoms with Gasteiger partial charge in [0.2, 0.25) is 0 Å². The summed E-state index contributed by atoms with van der Waals surface area (Å²) in [7, 11) is 0. The van der Waals surface area contributed by atoms with Crippen molar-refractivity contribution in [1.82, 2.24) is 5.32 Å². The van der Waals surface area contributed by atoms with Crippen LogP contribution in [0.25, 0.3) is 0 Å². The molecular formula is C13H19BrFN. The number of nitrogens with one attached hydrogen (secondary N) is 1. The lowest BCUT2D eigenvalue weighted by atomic mass is 9.98. The quantitative estimate of drug-likeness (QED) is 0.864. The minimum atomic E-state index is -0.183. The molecule has 1 rings (SSSR count). The average molecular weight is 288 g/mol. The molecule has 1 N–H and O–H groups in total. The largest absolute Gasteiger partial charge is 0.312 e. The van der Waals surface area contributed by atoms with E-state index in [2.05, 4.69) is 42.0 Å². The molecule has 16 heavy (non-hydrogen) atoms.